The summed E-state index contributed by atoms with van der Waals surface area (Å²) in [5, 5.41) is 2.61. The zero-order valence-electron chi connectivity index (χ0n) is 21.8. The lowest BCUT2D eigenvalue weighted by molar-refractivity contribution is -0.138. The topological polar surface area (TPSA) is 117 Å². The molecule has 0 aromatic heterocycles. The van der Waals surface area contributed by atoms with Crippen molar-refractivity contribution in [3.05, 3.63) is 81.4 Å². The maximum absolute atomic E-state index is 13.4. The summed E-state index contributed by atoms with van der Waals surface area (Å²) < 4.78 is 55.5. The molecule has 0 saturated carbocycles. The molecule has 1 heterocycles. The highest BCUT2D eigenvalue weighted by Gasteiger charge is 2.46. The highest BCUT2D eigenvalue weighted by Crippen LogP contribution is 2.50. The van der Waals surface area contributed by atoms with Crippen LogP contribution in [0.2, 0.25) is 5.02 Å². The lowest BCUT2D eigenvalue weighted by atomic mass is 9.70. The van der Waals surface area contributed by atoms with Crippen LogP contribution < -0.4 is 15.8 Å². The number of allylic oxidation sites excluding steroid dienone is 2. The van der Waals surface area contributed by atoms with Crippen LogP contribution in [0.3, 0.4) is 0 Å². The first-order valence-corrected chi connectivity index (χ1v) is 12.5. The minimum absolute atomic E-state index is 0.0712. The fraction of sp³-hybridized carbons (Fsp3) is 0.321. The van der Waals surface area contributed by atoms with Crippen molar-refractivity contribution < 1.29 is 41.8 Å². The first kappa shape index (κ1) is 29.0. The van der Waals surface area contributed by atoms with Crippen LogP contribution in [0, 0.1) is 5.41 Å². The summed E-state index contributed by atoms with van der Waals surface area (Å²) in [4.78, 5) is 38.8. The molecule has 1 aliphatic carbocycles. The molecule has 4 rings (SSSR count). The van der Waals surface area contributed by atoms with Crippen LogP contribution in [0.25, 0.3) is 0 Å². The number of Topliss-reactive ketones (excluding diaryl/α,β-unsaturated/α-hetero) is 1. The monoisotopic (exact) mass is 578 g/mol. The molecule has 0 spiro atoms. The van der Waals surface area contributed by atoms with E-state index >= 15 is 0 Å². The minimum atomic E-state index is -4.58. The Morgan fingerprint density at radius 1 is 1.18 bits per heavy atom. The van der Waals surface area contributed by atoms with Crippen LogP contribution in [0.4, 0.5) is 18.9 Å². The summed E-state index contributed by atoms with van der Waals surface area (Å²) in [6.07, 6.45) is -4.03. The fourth-order valence-corrected chi connectivity index (χ4v) is 4.98. The molecule has 0 fully saturated rings. The number of halogens is 4. The van der Waals surface area contributed by atoms with Crippen molar-refractivity contribution in [2.75, 3.05) is 19.0 Å². The molecule has 2 aliphatic rings. The van der Waals surface area contributed by atoms with Crippen molar-refractivity contribution in [2.45, 2.75) is 38.8 Å². The molecule has 1 atom stereocenters. The molecule has 0 bridgehead atoms. The van der Waals surface area contributed by atoms with Gasteiger partial charge in [0.15, 0.2) is 12.4 Å². The van der Waals surface area contributed by atoms with Crippen LogP contribution in [-0.4, -0.2) is 31.4 Å². The normalized spacial score (nSPS) is 18.6. The van der Waals surface area contributed by atoms with Gasteiger partial charge in [-0.3, -0.25) is 9.59 Å². The largest absolute Gasteiger partial charge is 0.483 e. The number of hydrogen-bond donors (Lipinski definition) is 2. The number of amides is 1. The fourth-order valence-electron chi connectivity index (χ4n) is 4.79. The molecule has 8 nitrogen and oxygen atoms in total. The number of carbonyl (C=O) groups is 3. The standard InChI is InChI=1S/C28H26ClF3N2O6/c1-27(2)11-18(35)23-20(12-27)40-25(33)24(26(37)38-3)22(23)17-10-15(29)7-8-19(17)39-13-21(36)34-16-6-4-5-14(9-16)28(30,31)32/h4-10,22H,11-13,33H2,1-3H3,(H,34,36). The van der Waals surface area contributed by atoms with Gasteiger partial charge in [0.05, 0.1) is 18.6 Å². The number of alkyl halides is 3. The number of hydrogen-bond acceptors (Lipinski definition) is 7. The Balaban J connectivity index is 1.68. The molecule has 12 heteroatoms. The van der Waals surface area contributed by atoms with Gasteiger partial charge in [-0.1, -0.05) is 31.5 Å². The van der Waals surface area contributed by atoms with Crippen molar-refractivity contribution in [3.8, 4) is 5.75 Å². The van der Waals surface area contributed by atoms with Gasteiger partial charge in [0.25, 0.3) is 5.91 Å². The third-order valence-electron chi connectivity index (χ3n) is 6.48. The highest BCUT2D eigenvalue weighted by atomic mass is 35.5. The summed E-state index contributed by atoms with van der Waals surface area (Å²) >= 11 is 6.29. The summed E-state index contributed by atoms with van der Waals surface area (Å²) in [5.41, 5.74) is 5.08. The van der Waals surface area contributed by atoms with Crippen molar-refractivity contribution in [2.24, 2.45) is 11.1 Å². The minimum Gasteiger partial charge on any atom is -0.483 e. The van der Waals surface area contributed by atoms with E-state index in [2.05, 4.69) is 5.32 Å². The van der Waals surface area contributed by atoms with Gasteiger partial charge < -0.3 is 25.3 Å². The van der Waals surface area contributed by atoms with E-state index in [0.717, 1.165) is 19.2 Å². The molecular weight excluding hydrogens is 553 g/mol. The maximum atomic E-state index is 13.4. The molecule has 1 amide bonds. The zero-order chi connectivity index (χ0) is 29.4. The first-order valence-electron chi connectivity index (χ1n) is 12.1. The Bertz CT molecular complexity index is 1450. The lowest BCUT2D eigenvalue weighted by Gasteiger charge is -2.38. The lowest BCUT2D eigenvalue weighted by Crippen LogP contribution is -2.35. The van der Waals surface area contributed by atoms with Gasteiger partial charge in [-0.25, -0.2) is 4.79 Å². The van der Waals surface area contributed by atoms with Crippen molar-refractivity contribution >= 4 is 34.9 Å². The second kappa shape index (κ2) is 10.9. The number of ketones is 1. The average molecular weight is 579 g/mol. The van der Waals surface area contributed by atoms with Crippen molar-refractivity contribution in [1.29, 1.82) is 0 Å². The zero-order valence-corrected chi connectivity index (χ0v) is 22.5. The van der Waals surface area contributed by atoms with Gasteiger partial charge in [0.2, 0.25) is 5.88 Å². The summed E-state index contributed by atoms with van der Waals surface area (Å²) in [6.45, 7) is 3.20. The first-order chi connectivity index (χ1) is 18.7. The van der Waals surface area contributed by atoms with Crippen molar-refractivity contribution in [1.82, 2.24) is 0 Å². The quantitative estimate of drug-likeness (QED) is 0.436. The summed E-state index contributed by atoms with van der Waals surface area (Å²) in [5.74, 6) is -2.75. The number of nitrogens with two attached hydrogens (primary N) is 1. The van der Waals surface area contributed by atoms with Crippen LogP contribution in [0.15, 0.2) is 65.3 Å². The smallest absolute Gasteiger partial charge is 0.416 e. The molecule has 40 heavy (non-hydrogen) atoms. The molecule has 0 saturated heterocycles. The number of ether oxygens (including phenoxy) is 3. The van der Waals surface area contributed by atoms with E-state index in [1.807, 2.05) is 13.8 Å². The summed E-state index contributed by atoms with van der Waals surface area (Å²) in [7, 11) is 1.16. The van der Waals surface area contributed by atoms with Crippen LogP contribution in [0.1, 0.15) is 43.7 Å². The number of benzene rings is 2. The predicted octanol–water partition coefficient (Wildman–Crippen LogP) is 5.48. The average Bonchev–Trinajstić information content (AvgIpc) is 2.85. The highest BCUT2D eigenvalue weighted by molar-refractivity contribution is 6.30. The molecule has 2 aromatic rings. The van der Waals surface area contributed by atoms with Crippen molar-refractivity contribution in [3.63, 3.8) is 0 Å². The SMILES string of the molecule is COC(=O)C1=C(N)OC2=C(C(=O)CC(C)(C)C2)C1c1cc(Cl)ccc1OCC(=O)Nc1cccc(C(F)(F)F)c1. The molecule has 212 valence electrons. The van der Waals surface area contributed by atoms with E-state index in [1.54, 1.807) is 0 Å². The predicted molar refractivity (Wildman–Crippen MR) is 139 cm³/mol. The van der Waals surface area contributed by atoms with E-state index in [1.165, 1.54) is 30.3 Å². The van der Waals surface area contributed by atoms with Crippen LogP contribution in [-0.2, 0) is 30.0 Å². The van der Waals surface area contributed by atoms with Gasteiger partial charge in [0.1, 0.15) is 17.1 Å². The third-order valence-corrected chi connectivity index (χ3v) is 6.71. The Morgan fingerprint density at radius 2 is 1.90 bits per heavy atom. The van der Waals surface area contributed by atoms with E-state index < -0.39 is 41.6 Å². The number of rotatable bonds is 6. The van der Waals surface area contributed by atoms with Gasteiger partial charge in [-0.15, -0.1) is 0 Å². The van der Waals surface area contributed by atoms with Gasteiger partial charge in [-0.05, 0) is 41.8 Å². The Labute approximate surface area is 232 Å². The Morgan fingerprint density at radius 3 is 2.58 bits per heavy atom. The molecular formula is C28H26ClF3N2O6. The van der Waals surface area contributed by atoms with Gasteiger partial charge in [0, 0.05) is 34.7 Å². The Hall–Kier alpha value is -3.99. The second-order valence-corrected chi connectivity index (χ2v) is 10.6. The number of esters is 1. The molecule has 2 aromatic carbocycles. The molecule has 0 radical (unpaired) electrons. The summed E-state index contributed by atoms with van der Waals surface area (Å²) in [6, 6.07) is 8.57. The molecule has 1 unspecified atom stereocenters. The van der Waals surface area contributed by atoms with E-state index in [0.29, 0.717) is 12.2 Å². The van der Waals surface area contributed by atoms with E-state index in [-0.39, 0.29) is 51.3 Å². The van der Waals surface area contributed by atoms with Gasteiger partial charge in [-0.2, -0.15) is 13.2 Å². The van der Waals surface area contributed by atoms with E-state index in [4.69, 9.17) is 31.5 Å². The maximum Gasteiger partial charge on any atom is 0.416 e. The Kier molecular flexibility index (Phi) is 7.89. The van der Waals surface area contributed by atoms with E-state index in [9.17, 15) is 27.6 Å². The number of carbonyl (C=O) groups excluding carboxylic acids is 3. The van der Waals surface area contributed by atoms with Crippen LogP contribution in [0.5, 0.6) is 5.75 Å². The second-order valence-electron chi connectivity index (χ2n) is 10.2. The molecule has 1 aliphatic heterocycles. The number of nitrogens with one attached hydrogen (secondary N) is 1. The number of methoxy groups -OCH3 is 1. The van der Waals surface area contributed by atoms with Gasteiger partial charge >= 0.3 is 12.1 Å². The number of anilines is 1. The third kappa shape index (κ3) is 6.09. The molecule has 3 N–H and O–H groups in total. The van der Waals surface area contributed by atoms with Crippen LogP contribution >= 0.6 is 11.6 Å².